The van der Waals surface area contributed by atoms with Gasteiger partial charge in [0.1, 0.15) is 0 Å². The van der Waals surface area contributed by atoms with Crippen molar-refractivity contribution in [3.05, 3.63) is 0 Å². The van der Waals surface area contributed by atoms with Crippen LogP contribution in [0.1, 0.15) is 60.8 Å². The average molecular weight is 301 g/mol. The molecule has 3 aliphatic carbocycles. The van der Waals surface area contributed by atoms with E-state index >= 15 is 0 Å². The Balaban J connectivity index is 2.44. The maximum absolute atomic E-state index is 6.29. The summed E-state index contributed by atoms with van der Waals surface area (Å²) in [6.07, 6.45) is 3.87. The average Bonchev–Trinajstić information content (AvgIpc) is 2.38. The molecule has 0 N–H and O–H groups in total. The molecule has 3 aliphatic rings. The van der Waals surface area contributed by atoms with Gasteiger partial charge in [0.05, 0.1) is 0 Å². The van der Waals surface area contributed by atoms with Crippen molar-refractivity contribution in [1.82, 2.24) is 0 Å². The summed E-state index contributed by atoms with van der Waals surface area (Å²) < 4.78 is 18.9. The van der Waals surface area contributed by atoms with Crippen molar-refractivity contribution in [3.8, 4) is 0 Å². The van der Waals surface area contributed by atoms with Crippen molar-refractivity contribution >= 4 is 8.80 Å². The second-order valence-electron chi connectivity index (χ2n) is 6.93. The Morgan fingerprint density at radius 3 is 1.80 bits per heavy atom. The van der Waals surface area contributed by atoms with Gasteiger partial charge >= 0.3 is 8.80 Å². The highest BCUT2D eigenvalue weighted by Gasteiger charge is 2.78. The molecule has 3 atom stereocenters. The van der Waals surface area contributed by atoms with Crippen molar-refractivity contribution < 1.29 is 13.3 Å². The fourth-order valence-electron chi connectivity index (χ4n) is 5.04. The van der Waals surface area contributed by atoms with E-state index in [1.54, 1.807) is 0 Å². The molecule has 0 saturated heterocycles. The molecule has 3 rings (SSSR count). The summed E-state index contributed by atoms with van der Waals surface area (Å²) in [5, 5.41) is 0.116. The smallest absolute Gasteiger partial charge is 0.373 e. The summed E-state index contributed by atoms with van der Waals surface area (Å²) in [5.74, 6) is 1.44. The van der Waals surface area contributed by atoms with E-state index in [0.29, 0.717) is 25.7 Å². The van der Waals surface area contributed by atoms with Gasteiger partial charge in [-0.1, -0.05) is 20.8 Å². The summed E-state index contributed by atoms with van der Waals surface area (Å²) in [4.78, 5) is 0. The van der Waals surface area contributed by atoms with Crippen LogP contribution in [0.3, 0.4) is 0 Å². The monoisotopic (exact) mass is 300 g/mol. The standard InChI is InChI=1S/C16H32O3Si/c1-7-17-20(18-8-2,19-9-3)16-12-14(15(16,5)6)11-10-13(16)4/h13-14H,7-12H2,1-6H3. The lowest BCUT2D eigenvalue weighted by Gasteiger charge is -2.71. The van der Waals surface area contributed by atoms with Crippen LogP contribution in [0.25, 0.3) is 0 Å². The van der Waals surface area contributed by atoms with Crippen LogP contribution in [-0.2, 0) is 13.3 Å². The molecule has 2 bridgehead atoms. The van der Waals surface area contributed by atoms with E-state index in [0.717, 1.165) is 5.92 Å². The zero-order valence-electron chi connectivity index (χ0n) is 14.1. The van der Waals surface area contributed by atoms with Crippen LogP contribution in [0.4, 0.5) is 0 Å². The first kappa shape index (κ1) is 16.5. The molecule has 4 heteroatoms. The Bertz CT molecular complexity index is 328. The largest absolute Gasteiger partial charge is 0.508 e. The van der Waals surface area contributed by atoms with E-state index in [1.807, 2.05) is 0 Å². The molecule has 0 aromatic heterocycles. The molecule has 118 valence electrons. The van der Waals surface area contributed by atoms with E-state index in [1.165, 1.54) is 19.3 Å². The Kier molecular flexibility index (Phi) is 4.70. The normalized spacial score (nSPS) is 35.7. The van der Waals surface area contributed by atoms with Crippen molar-refractivity contribution in [2.75, 3.05) is 19.8 Å². The molecule has 3 unspecified atom stereocenters. The highest BCUT2D eigenvalue weighted by Crippen LogP contribution is 2.78. The SMILES string of the molecule is CCO[Si](OCC)(OCC)C12CC(CCC1C)C2(C)C. The van der Waals surface area contributed by atoms with Gasteiger partial charge in [0, 0.05) is 24.9 Å². The first-order valence-corrected chi connectivity index (χ1v) is 10.1. The molecular formula is C16H32O3Si. The highest BCUT2D eigenvalue weighted by atomic mass is 28.4. The summed E-state index contributed by atoms with van der Waals surface area (Å²) in [6.45, 7) is 15.4. The van der Waals surface area contributed by atoms with Gasteiger partial charge < -0.3 is 13.3 Å². The quantitative estimate of drug-likeness (QED) is 0.658. The van der Waals surface area contributed by atoms with Crippen LogP contribution >= 0.6 is 0 Å². The zero-order chi connectivity index (χ0) is 15.0. The third-order valence-electron chi connectivity index (χ3n) is 6.08. The second kappa shape index (κ2) is 5.71. The van der Waals surface area contributed by atoms with E-state index in [2.05, 4.69) is 41.5 Å². The number of hydrogen-bond acceptors (Lipinski definition) is 3. The van der Waals surface area contributed by atoms with Crippen LogP contribution in [0.5, 0.6) is 0 Å². The summed E-state index contributed by atoms with van der Waals surface area (Å²) in [6, 6.07) is 0. The van der Waals surface area contributed by atoms with Gasteiger partial charge in [-0.05, 0) is 57.3 Å². The Labute approximate surface area is 125 Å². The highest BCUT2D eigenvalue weighted by molar-refractivity contribution is 6.65. The molecule has 20 heavy (non-hydrogen) atoms. The second-order valence-corrected chi connectivity index (χ2v) is 9.80. The molecule has 3 nitrogen and oxygen atoms in total. The van der Waals surface area contributed by atoms with E-state index in [4.69, 9.17) is 13.3 Å². The fraction of sp³-hybridized carbons (Fsp3) is 1.00. The Morgan fingerprint density at radius 2 is 1.45 bits per heavy atom. The molecule has 0 radical (unpaired) electrons. The minimum atomic E-state index is -2.65. The molecule has 0 heterocycles. The van der Waals surface area contributed by atoms with E-state index < -0.39 is 8.80 Å². The van der Waals surface area contributed by atoms with Gasteiger partial charge in [-0.25, -0.2) is 0 Å². The van der Waals surface area contributed by atoms with Crippen LogP contribution in [0.15, 0.2) is 0 Å². The van der Waals surface area contributed by atoms with Gasteiger partial charge in [0.25, 0.3) is 0 Å². The number of rotatable bonds is 7. The molecule has 3 saturated carbocycles. The van der Waals surface area contributed by atoms with E-state index in [9.17, 15) is 0 Å². The molecule has 0 amide bonds. The topological polar surface area (TPSA) is 27.7 Å². The zero-order valence-corrected chi connectivity index (χ0v) is 15.1. The van der Waals surface area contributed by atoms with Crippen LogP contribution in [-0.4, -0.2) is 28.6 Å². The minimum absolute atomic E-state index is 0.116. The van der Waals surface area contributed by atoms with Gasteiger partial charge in [0.15, 0.2) is 0 Å². The molecule has 3 fully saturated rings. The maximum Gasteiger partial charge on any atom is 0.508 e. The fourth-order valence-corrected chi connectivity index (χ4v) is 9.44. The van der Waals surface area contributed by atoms with Crippen LogP contribution < -0.4 is 0 Å². The third kappa shape index (κ3) is 1.95. The van der Waals surface area contributed by atoms with Gasteiger partial charge in [0.2, 0.25) is 0 Å². The van der Waals surface area contributed by atoms with Crippen molar-refractivity contribution in [3.63, 3.8) is 0 Å². The molecule has 0 aliphatic heterocycles. The summed E-state index contributed by atoms with van der Waals surface area (Å²) in [5.41, 5.74) is 0.274. The lowest BCUT2D eigenvalue weighted by molar-refractivity contribution is -0.137. The van der Waals surface area contributed by atoms with Crippen LogP contribution in [0.2, 0.25) is 5.04 Å². The predicted molar refractivity (Wildman–Crippen MR) is 83.6 cm³/mol. The van der Waals surface area contributed by atoms with Crippen molar-refractivity contribution in [2.45, 2.75) is 65.8 Å². The summed E-state index contributed by atoms with van der Waals surface area (Å²) in [7, 11) is -2.65. The lowest BCUT2D eigenvalue weighted by Crippen LogP contribution is -2.72. The molecule has 0 spiro atoms. The van der Waals surface area contributed by atoms with Crippen molar-refractivity contribution in [2.24, 2.45) is 17.3 Å². The predicted octanol–water partition coefficient (Wildman–Crippen LogP) is 4.25. The Hall–Kier alpha value is 0.0969. The molecule has 0 aromatic rings. The Morgan fingerprint density at radius 1 is 0.950 bits per heavy atom. The van der Waals surface area contributed by atoms with E-state index in [-0.39, 0.29) is 10.5 Å². The lowest BCUT2D eigenvalue weighted by atomic mass is 9.45. The van der Waals surface area contributed by atoms with Crippen LogP contribution in [0, 0.1) is 17.3 Å². The van der Waals surface area contributed by atoms with Gasteiger partial charge in [-0.2, -0.15) is 0 Å². The molecular weight excluding hydrogens is 268 g/mol. The summed E-state index contributed by atoms with van der Waals surface area (Å²) >= 11 is 0. The minimum Gasteiger partial charge on any atom is -0.373 e. The maximum atomic E-state index is 6.29. The van der Waals surface area contributed by atoms with Gasteiger partial charge in [-0.3, -0.25) is 0 Å². The first-order valence-electron chi connectivity index (χ1n) is 8.33. The number of hydrogen-bond donors (Lipinski definition) is 0. The van der Waals surface area contributed by atoms with Gasteiger partial charge in [-0.15, -0.1) is 0 Å². The molecule has 0 aromatic carbocycles. The first-order chi connectivity index (χ1) is 9.41. The third-order valence-corrected chi connectivity index (χ3v) is 10.5. The van der Waals surface area contributed by atoms with Crippen molar-refractivity contribution in [1.29, 1.82) is 0 Å². The number of fused-ring (bicyclic) bond motifs is 2.